The molecule has 1 saturated heterocycles. The zero-order chi connectivity index (χ0) is 22.0. The van der Waals surface area contributed by atoms with E-state index in [-0.39, 0.29) is 23.9 Å². The van der Waals surface area contributed by atoms with Crippen LogP contribution >= 0.6 is 23.2 Å². The normalized spacial score (nSPS) is 22.1. The van der Waals surface area contributed by atoms with Crippen LogP contribution in [0.2, 0.25) is 10.0 Å². The summed E-state index contributed by atoms with van der Waals surface area (Å²) in [6, 6.07) is 7.59. The Morgan fingerprint density at radius 1 is 1.23 bits per heavy atom. The van der Waals surface area contributed by atoms with Crippen LogP contribution in [0.4, 0.5) is 8.78 Å². The Kier molecular flexibility index (Phi) is 6.39. The van der Waals surface area contributed by atoms with Gasteiger partial charge < -0.3 is 4.90 Å². The van der Waals surface area contributed by atoms with E-state index in [4.69, 9.17) is 23.2 Å². The number of likely N-dealkylation sites (tertiary alicyclic amines) is 1. The highest BCUT2D eigenvalue weighted by molar-refractivity contribution is 6.42. The lowest BCUT2D eigenvalue weighted by Crippen LogP contribution is -2.47. The molecule has 8 heteroatoms. The van der Waals surface area contributed by atoms with E-state index in [0.29, 0.717) is 41.5 Å². The lowest BCUT2D eigenvalue weighted by molar-refractivity contribution is 0.0566. The van der Waals surface area contributed by atoms with E-state index >= 15 is 4.39 Å². The number of aromatic nitrogens is 1. The van der Waals surface area contributed by atoms with Crippen molar-refractivity contribution in [1.82, 2.24) is 9.88 Å². The Labute approximate surface area is 189 Å². The quantitative estimate of drug-likeness (QED) is 0.600. The summed E-state index contributed by atoms with van der Waals surface area (Å²) >= 11 is 11.9. The first kappa shape index (κ1) is 21.9. The van der Waals surface area contributed by atoms with Crippen LogP contribution in [0.1, 0.15) is 28.9 Å². The Balaban J connectivity index is 1.44. The standard InChI is InChI=1S/C23H21Cl2F2N3O/c24-17-5-4-16(13-18(17)25)22(31)30-11-6-15(7-12-30)21(27)23(8-2-10-29-23)14-20-19(26)3-1-9-28-20/h1-5,8-10,13,15,21H,6-7,11-12,14H2. The first-order valence-corrected chi connectivity index (χ1v) is 10.9. The molecular formula is C23H21Cl2F2N3O. The van der Waals surface area contributed by atoms with Crippen molar-refractivity contribution < 1.29 is 13.6 Å². The van der Waals surface area contributed by atoms with Gasteiger partial charge in [0.15, 0.2) is 0 Å². The number of carbonyl (C=O) groups excluding carboxylic acids is 1. The fourth-order valence-corrected chi connectivity index (χ4v) is 4.53. The van der Waals surface area contributed by atoms with Gasteiger partial charge in [0.2, 0.25) is 0 Å². The lowest BCUT2D eigenvalue weighted by atomic mass is 9.78. The van der Waals surface area contributed by atoms with Gasteiger partial charge in [0, 0.05) is 37.5 Å². The second kappa shape index (κ2) is 9.05. The first-order chi connectivity index (χ1) is 14.9. The highest BCUT2D eigenvalue weighted by Gasteiger charge is 2.44. The van der Waals surface area contributed by atoms with Crippen LogP contribution in [0.25, 0.3) is 0 Å². The third-order valence-corrected chi connectivity index (χ3v) is 6.69. The molecule has 2 aliphatic heterocycles. The molecule has 1 aromatic carbocycles. The number of benzene rings is 1. The van der Waals surface area contributed by atoms with E-state index in [1.54, 1.807) is 41.5 Å². The molecule has 2 aliphatic rings. The molecule has 4 rings (SSSR count). The average Bonchev–Trinajstić information content (AvgIpc) is 3.26. The number of hydrogen-bond acceptors (Lipinski definition) is 3. The molecule has 0 N–H and O–H groups in total. The number of piperidine rings is 1. The van der Waals surface area contributed by atoms with Gasteiger partial charge in [-0.15, -0.1) is 0 Å². The van der Waals surface area contributed by atoms with E-state index in [1.807, 2.05) is 0 Å². The molecule has 0 bridgehead atoms. The molecule has 0 radical (unpaired) electrons. The van der Waals surface area contributed by atoms with Crippen molar-refractivity contribution >= 4 is 35.3 Å². The number of rotatable bonds is 5. The minimum absolute atomic E-state index is 0.0518. The maximum Gasteiger partial charge on any atom is 0.253 e. The Morgan fingerprint density at radius 2 is 2.00 bits per heavy atom. The van der Waals surface area contributed by atoms with Crippen LogP contribution in [-0.2, 0) is 6.42 Å². The minimum Gasteiger partial charge on any atom is -0.339 e. The van der Waals surface area contributed by atoms with Gasteiger partial charge in [0.05, 0.1) is 15.7 Å². The summed E-state index contributed by atoms with van der Waals surface area (Å²) in [5, 5.41) is 0.706. The monoisotopic (exact) mass is 463 g/mol. The predicted octanol–water partition coefficient (Wildman–Crippen LogP) is 5.34. The molecule has 1 aromatic heterocycles. The van der Waals surface area contributed by atoms with E-state index in [9.17, 15) is 9.18 Å². The van der Waals surface area contributed by atoms with Gasteiger partial charge in [-0.3, -0.25) is 14.8 Å². The third kappa shape index (κ3) is 4.51. The number of nitrogens with zero attached hydrogens (tertiary/aromatic N) is 3. The first-order valence-electron chi connectivity index (χ1n) is 10.1. The maximum atomic E-state index is 15.8. The second-order valence-corrected chi connectivity index (χ2v) is 8.71. The van der Waals surface area contributed by atoms with Gasteiger partial charge in [-0.05, 0) is 55.2 Å². The summed E-state index contributed by atoms with van der Waals surface area (Å²) in [4.78, 5) is 22.9. The number of alkyl halides is 1. The molecule has 1 amide bonds. The number of halogens is 4. The van der Waals surface area contributed by atoms with Gasteiger partial charge in [-0.2, -0.15) is 0 Å². The zero-order valence-corrected chi connectivity index (χ0v) is 18.2. The fraction of sp³-hybridized carbons (Fsp3) is 0.348. The molecule has 4 nitrogen and oxygen atoms in total. The number of pyridine rings is 1. The molecule has 31 heavy (non-hydrogen) atoms. The Bertz CT molecular complexity index is 1020. The van der Waals surface area contributed by atoms with Crippen LogP contribution in [0.5, 0.6) is 0 Å². The maximum absolute atomic E-state index is 15.8. The number of allylic oxidation sites excluding steroid dienone is 1. The molecule has 3 heterocycles. The molecule has 1 fully saturated rings. The lowest BCUT2D eigenvalue weighted by Gasteiger charge is -2.38. The Morgan fingerprint density at radius 3 is 2.65 bits per heavy atom. The predicted molar refractivity (Wildman–Crippen MR) is 118 cm³/mol. The van der Waals surface area contributed by atoms with Gasteiger partial charge in [0.1, 0.15) is 17.5 Å². The van der Waals surface area contributed by atoms with Gasteiger partial charge in [-0.1, -0.05) is 29.3 Å². The zero-order valence-electron chi connectivity index (χ0n) is 16.6. The van der Waals surface area contributed by atoms with Gasteiger partial charge >= 0.3 is 0 Å². The smallest absolute Gasteiger partial charge is 0.253 e. The second-order valence-electron chi connectivity index (χ2n) is 7.90. The molecular weight excluding hydrogens is 443 g/mol. The van der Waals surface area contributed by atoms with Crippen LogP contribution < -0.4 is 0 Å². The fourth-order valence-electron chi connectivity index (χ4n) is 4.23. The molecule has 2 aromatic rings. The summed E-state index contributed by atoms with van der Waals surface area (Å²) in [6.45, 7) is 0.844. The topological polar surface area (TPSA) is 45.6 Å². The number of carbonyl (C=O) groups is 1. The SMILES string of the molecule is O=C(c1ccc(Cl)c(Cl)c1)N1CCC(C(F)C2(Cc3ncccc3F)C=CC=N2)CC1. The summed E-state index contributed by atoms with van der Waals surface area (Å²) < 4.78 is 29.9. The van der Waals surface area contributed by atoms with Crippen molar-refractivity contribution in [2.75, 3.05) is 13.1 Å². The van der Waals surface area contributed by atoms with Crippen molar-refractivity contribution in [2.24, 2.45) is 10.9 Å². The van der Waals surface area contributed by atoms with Crippen LogP contribution in [0.3, 0.4) is 0 Å². The van der Waals surface area contributed by atoms with Crippen LogP contribution in [0.15, 0.2) is 53.7 Å². The summed E-state index contributed by atoms with van der Waals surface area (Å²) in [6.07, 6.45) is 6.15. The summed E-state index contributed by atoms with van der Waals surface area (Å²) in [5.74, 6) is -0.923. The van der Waals surface area contributed by atoms with Gasteiger partial charge in [0.25, 0.3) is 5.91 Å². The largest absolute Gasteiger partial charge is 0.339 e. The molecule has 2 unspecified atom stereocenters. The van der Waals surface area contributed by atoms with Gasteiger partial charge in [-0.25, -0.2) is 8.78 Å². The average molecular weight is 464 g/mol. The highest BCUT2D eigenvalue weighted by Crippen LogP contribution is 2.37. The molecule has 0 aliphatic carbocycles. The van der Waals surface area contributed by atoms with Crippen molar-refractivity contribution in [3.63, 3.8) is 0 Å². The number of aliphatic imine (C=N–C) groups is 1. The van der Waals surface area contributed by atoms with Crippen LogP contribution in [-0.4, -0.2) is 46.8 Å². The molecule has 0 saturated carbocycles. The van der Waals surface area contributed by atoms with E-state index in [1.165, 1.54) is 18.3 Å². The summed E-state index contributed by atoms with van der Waals surface area (Å²) in [5.41, 5.74) is -0.522. The van der Waals surface area contributed by atoms with Crippen LogP contribution in [0, 0.1) is 11.7 Å². The molecule has 2 atom stereocenters. The van der Waals surface area contributed by atoms with Crippen molar-refractivity contribution in [1.29, 1.82) is 0 Å². The minimum atomic E-state index is -1.31. The number of hydrogen-bond donors (Lipinski definition) is 0. The third-order valence-electron chi connectivity index (χ3n) is 5.96. The molecule has 162 valence electrons. The van der Waals surface area contributed by atoms with E-state index in [2.05, 4.69) is 9.98 Å². The Hall–Kier alpha value is -2.31. The van der Waals surface area contributed by atoms with Crippen molar-refractivity contribution in [3.8, 4) is 0 Å². The highest BCUT2D eigenvalue weighted by atomic mass is 35.5. The number of amides is 1. The summed E-state index contributed by atoms with van der Waals surface area (Å²) in [7, 11) is 0. The van der Waals surface area contributed by atoms with Crippen molar-refractivity contribution in [2.45, 2.75) is 31.0 Å². The van der Waals surface area contributed by atoms with Crippen molar-refractivity contribution in [3.05, 3.63) is 75.8 Å². The van der Waals surface area contributed by atoms with E-state index in [0.717, 1.165) is 0 Å². The van der Waals surface area contributed by atoms with E-state index < -0.39 is 17.5 Å². The molecule has 0 spiro atoms.